The molecule has 0 aliphatic rings. The maximum Gasteiger partial charge on any atom is 0.328 e. The van der Waals surface area contributed by atoms with E-state index < -0.39 is 11.6 Å². The first-order chi connectivity index (χ1) is 8.74. The molecule has 0 bridgehead atoms. The zero-order valence-corrected chi connectivity index (χ0v) is 12.1. The second kappa shape index (κ2) is 5.75. The number of hydrogen-bond donors (Lipinski definition) is 0. The molecule has 0 aromatic heterocycles. The summed E-state index contributed by atoms with van der Waals surface area (Å²) in [7, 11) is 1.81. The molecule has 1 unspecified atom stereocenters. The number of benzene rings is 1. The van der Waals surface area contributed by atoms with E-state index in [1.54, 1.807) is 30.0 Å². The van der Waals surface area contributed by atoms with Gasteiger partial charge in [0.1, 0.15) is 11.6 Å². The molecule has 0 radical (unpaired) electrons. The van der Waals surface area contributed by atoms with E-state index in [-0.39, 0.29) is 5.97 Å². The molecule has 1 rings (SSSR count). The Kier molecular flexibility index (Phi) is 4.55. The minimum atomic E-state index is -0.499. The third kappa shape index (κ3) is 4.29. The van der Waals surface area contributed by atoms with E-state index in [4.69, 9.17) is 10.00 Å². The summed E-state index contributed by atoms with van der Waals surface area (Å²) in [5.41, 5.74) is 0.888. The Hall–Kier alpha value is -2.02. The third-order valence-electron chi connectivity index (χ3n) is 2.71. The molecule has 1 aromatic rings. The lowest BCUT2D eigenvalue weighted by Crippen LogP contribution is -2.40. The minimum absolute atomic E-state index is 0.280. The number of ether oxygens (including phenoxy) is 1. The first kappa shape index (κ1) is 15.0. The van der Waals surface area contributed by atoms with Crippen LogP contribution in [-0.4, -0.2) is 24.7 Å². The summed E-state index contributed by atoms with van der Waals surface area (Å²) in [6.07, 6.45) is 0. The van der Waals surface area contributed by atoms with E-state index >= 15 is 0 Å². The van der Waals surface area contributed by atoms with Gasteiger partial charge in [0.05, 0.1) is 11.6 Å². The van der Waals surface area contributed by atoms with E-state index in [0.717, 1.165) is 5.69 Å². The monoisotopic (exact) mass is 260 g/mol. The molecule has 0 aliphatic heterocycles. The summed E-state index contributed by atoms with van der Waals surface area (Å²) in [4.78, 5) is 13.8. The second-order valence-electron chi connectivity index (χ2n) is 5.48. The van der Waals surface area contributed by atoms with Crippen molar-refractivity contribution >= 4 is 11.7 Å². The quantitative estimate of drug-likeness (QED) is 0.784. The van der Waals surface area contributed by atoms with Gasteiger partial charge < -0.3 is 9.64 Å². The summed E-state index contributed by atoms with van der Waals surface area (Å²) in [6, 6.07) is 8.82. The van der Waals surface area contributed by atoms with Crippen molar-refractivity contribution in [2.24, 2.45) is 0 Å². The van der Waals surface area contributed by atoms with E-state index in [0.29, 0.717) is 5.56 Å². The normalized spacial score (nSPS) is 12.4. The van der Waals surface area contributed by atoms with Gasteiger partial charge in [0.25, 0.3) is 0 Å². The molecular weight excluding hydrogens is 240 g/mol. The standard InChI is InChI=1S/C15H20N2O2/c1-11(14(18)19-15(2,3)4)17(5)13-8-6-7-12(9-13)10-16/h6-9,11H,1-5H3. The third-order valence-corrected chi connectivity index (χ3v) is 2.71. The predicted molar refractivity (Wildman–Crippen MR) is 74.9 cm³/mol. The number of rotatable bonds is 3. The fourth-order valence-electron chi connectivity index (χ4n) is 1.56. The van der Waals surface area contributed by atoms with Crippen LogP contribution >= 0.6 is 0 Å². The van der Waals surface area contributed by atoms with Crippen LogP contribution in [0.4, 0.5) is 5.69 Å². The van der Waals surface area contributed by atoms with Crippen LogP contribution in [0.2, 0.25) is 0 Å². The van der Waals surface area contributed by atoms with Gasteiger partial charge in [0, 0.05) is 12.7 Å². The average molecular weight is 260 g/mol. The second-order valence-corrected chi connectivity index (χ2v) is 5.48. The fraction of sp³-hybridized carbons (Fsp3) is 0.467. The molecule has 1 aromatic carbocycles. The molecule has 19 heavy (non-hydrogen) atoms. The van der Waals surface area contributed by atoms with Crippen molar-refractivity contribution in [3.63, 3.8) is 0 Å². The number of carbonyl (C=O) groups excluding carboxylic acids is 1. The van der Waals surface area contributed by atoms with Crippen molar-refractivity contribution in [3.05, 3.63) is 29.8 Å². The van der Waals surface area contributed by atoms with Gasteiger partial charge in [0.2, 0.25) is 0 Å². The van der Waals surface area contributed by atoms with E-state index in [1.807, 2.05) is 33.9 Å². The lowest BCUT2D eigenvalue weighted by molar-refractivity contribution is -0.155. The maximum atomic E-state index is 12.0. The smallest absolute Gasteiger partial charge is 0.328 e. The van der Waals surface area contributed by atoms with Crippen LogP contribution in [0.3, 0.4) is 0 Å². The Morgan fingerprint density at radius 3 is 2.58 bits per heavy atom. The summed E-state index contributed by atoms with van der Waals surface area (Å²) in [6.45, 7) is 7.31. The zero-order valence-electron chi connectivity index (χ0n) is 12.1. The van der Waals surface area contributed by atoms with Crippen LogP contribution in [-0.2, 0) is 9.53 Å². The molecule has 0 fully saturated rings. The molecule has 0 N–H and O–H groups in total. The van der Waals surface area contributed by atoms with E-state index in [9.17, 15) is 4.79 Å². The molecule has 0 heterocycles. The zero-order chi connectivity index (χ0) is 14.6. The summed E-state index contributed by atoms with van der Waals surface area (Å²) in [5, 5.41) is 8.88. The topological polar surface area (TPSA) is 53.3 Å². The van der Waals surface area contributed by atoms with Gasteiger partial charge in [-0.05, 0) is 45.9 Å². The predicted octanol–water partition coefficient (Wildman–Crippen LogP) is 2.72. The Labute approximate surface area is 114 Å². The number of likely N-dealkylation sites (N-methyl/N-ethyl adjacent to an activating group) is 1. The van der Waals surface area contributed by atoms with Crippen LogP contribution in [0, 0.1) is 11.3 Å². The van der Waals surface area contributed by atoms with Crippen molar-refractivity contribution in [3.8, 4) is 6.07 Å². The molecule has 0 aliphatic carbocycles. The molecule has 0 spiro atoms. The largest absolute Gasteiger partial charge is 0.458 e. The summed E-state index contributed by atoms with van der Waals surface area (Å²) in [5.74, 6) is -0.280. The first-order valence-electron chi connectivity index (χ1n) is 6.20. The Bertz CT molecular complexity index is 498. The van der Waals surface area contributed by atoms with E-state index in [1.165, 1.54) is 0 Å². The highest BCUT2D eigenvalue weighted by Crippen LogP contribution is 2.18. The lowest BCUT2D eigenvalue weighted by atomic mass is 10.1. The van der Waals surface area contributed by atoms with Crippen molar-refractivity contribution in [1.82, 2.24) is 0 Å². The van der Waals surface area contributed by atoms with Crippen LogP contribution in [0.15, 0.2) is 24.3 Å². The Balaban J connectivity index is 2.84. The molecule has 4 nitrogen and oxygen atoms in total. The molecule has 1 atom stereocenters. The number of hydrogen-bond acceptors (Lipinski definition) is 4. The van der Waals surface area contributed by atoms with Crippen molar-refractivity contribution < 1.29 is 9.53 Å². The number of esters is 1. The molecule has 0 saturated carbocycles. The summed E-state index contributed by atoms with van der Waals surface area (Å²) < 4.78 is 5.35. The highest BCUT2D eigenvalue weighted by atomic mass is 16.6. The van der Waals surface area contributed by atoms with Gasteiger partial charge in [-0.1, -0.05) is 6.07 Å². The van der Waals surface area contributed by atoms with Gasteiger partial charge in [-0.25, -0.2) is 4.79 Å². The van der Waals surface area contributed by atoms with Crippen molar-refractivity contribution in [2.75, 3.05) is 11.9 Å². The molecule has 0 amide bonds. The minimum Gasteiger partial charge on any atom is -0.458 e. The number of nitriles is 1. The lowest BCUT2D eigenvalue weighted by Gasteiger charge is -2.29. The molecule has 0 saturated heterocycles. The van der Waals surface area contributed by atoms with Crippen LogP contribution in [0.5, 0.6) is 0 Å². The Morgan fingerprint density at radius 1 is 1.42 bits per heavy atom. The molecule has 102 valence electrons. The van der Waals surface area contributed by atoms with Crippen LogP contribution in [0.1, 0.15) is 33.3 Å². The van der Waals surface area contributed by atoms with Gasteiger partial charge in [-0.15, -0.1) is 0 Å². The first-order valence-corrected chi connectivity index (χ1v) is 6.20. The number of nitrogens with zero attached hydrogens (tertiary/aromatic N) is 2. The average Bonchev–Trinajstić information content (AvgIpc) is 2.35. The van der Waals surface area contributed by atoms with E-state index in [2.05, 4.69) is 6.07 Å². The van der Waals surface area contributed by atoms with Gasteiger partial charge in [-0.2, -0.15) is 5.26 Å². The van der Waals surface area contributed by atoms with Gasteiger partial charge >= 0.3 is 5.97 Å². The van der Waals surface area contributed by atoms with Crippen molar-refractivity contribution in [1.29, 1.82) is 5.26 Å². The van der Waals surface area contributed by atoms with Crippen molar-refractivity contribution in [2.45, 2.75) is 39.3 Å². The summed E-state index contributed by atoms with van der Waals surface area (Å²) >= 11 is 0. The number of anilines is 1. The Morgan fingerprint density at radius 2 is 2.05 bits per heavy atom. The fourth-order valence-corrected chi connectivity index (χ4v) is 1.56. The maximum absolute atomic E-state index is 12.0. The van der Waals surface area contributed by atoms with Crippen LogP contribution in [0.25, 0.3) is 0 Å². The van der Waals surface area contributed by atoms with Gasteiger partial charge in [0.15, 0.2) is 0 Å². The SMILES string of the molecule is CC(C(=O)OC(C)(C)C)N(C)c1cccc(C#N)c1. The van der Waals surface area contributed by atoms with Crippen LogP contribution < -0.4 is 4.90 Å². The number of carbonyl (C=O) groups is 1. The highest BCUT2D eigenvalue weighted by molar-refractivity contribution is 5.80. The molecular formula is C15H20N2O2. The highest BCUT2D eigenvalue weighted by Gasteiger charge is 2.24. The van der Waals surface area contributed by atoms with Gasteiger partial charge in [-0.3, -0.25) is 0 Å². The molecule has 4 heteroatoms.